The van der Waals surface area contributed by atoms with Crippen LogP contribution < -0.4 is 5.32 Å². The number of carbonyl (C=O) groups is 1. The molecule has 120 valence electrons. The van der Waals surface area contributed by atoms with Crippen LogP contribution in [0.15, 0.2) is 18.3 Å². The van der Waals surface area contributed by atoms with Crippen molar-refractivity contribution >= 4 is 11.6 Å². The first-order valence-corrected chi connectivity index (χ1v) is 8.02. The lowest BCUT2D eigenvalue weighted by atomic mass is 10.2. The second-order valence-electron chi connectivity index (χ2n) is 6.04. The fourth-order valence-corrected chi connectivity index (χ4v) is 2.83. The second-order valence-corrected chi connectivity index (χ2v) is 6.04. The van der Waals surface area contributed by atoms with Crippen LogP contribution in [0.5, 0.6) is 0 Å². The summed E-state index contributed by atoms with van der Waals surface area (Å²) in [5.41, 5.74) is 1.46. The third-order valence-electron chi connectivity index (χ3n) is 4.33. The van der Waals surface area contributed by atoms with Gasteiger partial charge in [-0.2, -0.15) is 0 Å². The van der Waals surface area contributed by atoms with E-state index in [-0.39, 0.29) is 5.91 Å². The summed E-state index contributed by atoms with van der Waals surface area (Å²) in [6.07, 6.45) is 4.29. The number of aromatic nitrogens is 1. The minimum absolute atomic E-state index is 0.0266. The molecule has 0 bridgehead atoms. The first-order valence-electron chi connectivity index (χ1n) is 8.02. The zero-order valence-electron chi connectivity index (χ0n) is 13.1. The lowest BCUT2D eigenvalue weighted by Gasteiger charge is -2.32. The topological polar surface area (TPSA) is 57.7 Å². The van der Waals surface area contributed by atoms with Gasteiger partial charge in [0.15, 0.2) is 0 Å². The normalized spacial score (nSPS) is 22.8. The number of hydrogen-bond donors (Lipinski definition) is 1. The number of ether oxygens (including phenoxy) is 1. The minimum atomic E-state index is 0.0266. The van der Waals surface area contributed by atoms with Gasteiger partial charge in [-0.15, -0.1) is 0 Å². The van der Waals surface area contributed by atoms with Crippen molar-refractivity contribution in [3.8, 4) is 0 Å². The van der Waals surface area contributed by atoms with Gasteiger partial charge in [0.05, 0.1) is 18.0 Å². The molecule has 1 aromatic rings. The van der Waals surface area contributed by atoms with E-state index in [4.69, 9.17) is 4.74 Å². The van der Waals surface area contributed by atoms with E-state index < -0.39 is 0 Å². The molecule has 2 aliphatic heterocycles. The number of likely N-dealkylation sites (N-methyl/N-ethyl adjacent to an activating group) is 1. The Kier molecular flexibility index (Phi) is 4.90. The summed E-state index contributed by atoms with van der Waals surface area (Å²) >= 11 is 0. The van der Waals surface area contributed by atoms with Crippen molar-refractivity contribution < 1.29 is 9.53 Å². The van der Waals surface area contributed by atoms with Gasteiger partial charge in [-0.05, 0) is 32.0 Å². The van der Waals surface area contributed by atoms with E-state index in [9.17, 15) is 4.79 Å². The van der Waals surface area contributed by atoms with Crippen molar-refractivity contribution in [2.45, 2.75) is 18.9 Å². The first-order chi connectivity index (χ1) is 10.7. The van der Waals surface area contributed by atoms with Gasteiger partial charge in [-0.1, -0.05) is 0 Å². The SMILES string of the molecule is CN1CCN(C(=O)c2ccc(NCC3CCCO3)cn2)CC1. The number of rotatable bonds is 4. The number of amides is 1. The van der Waals surface area contributed by atoms with E-state index in [0.717, 1.165) is 57.9 Å². The highest BCUT2D eigenvalue weighted by atomic mass is 16.5. The summed E-state index contributed by atoms with van der Waals surface area (Å²) in [7, 11) is 2.08. The zero-order chi connectivity index (χ0) is 15.4. The standard InChI is InChI=1S/C16H24N4O2/c1-19-6-8-20(9-7-19)16(21)15-5-4-13(11-18-15)17-12-14-3-2-10-22-14/h4-5,11,14,17H,2-3,6-10,12H2,1H3. The summed E-state index contributed by atoms with van der Waals surface area (Å²) in [6, 6.07) is 3.73. The molecular formula is C16H24N4O2. The molecule has 1 unspecified atom stereocenters. The molecule has 1 atom stereocenters. The van der Waals surface area contributed by atoms with Gasteiger partial charge in [-0.3, -0.25) is 4.79 Å². The van der Waals surface area contributed by atoms with Crippen LogP contribution in [0, 0.1) is 0 Å². The van der Waals surface area contributed by atoms with Crippen LogP contribution in [-0.4, -0.2) is 73.2 Å². The van der Waals surface area contributed by atoms with Crippen molar-refractivity contribution in [3.05, 3.63) is 24.0 Å². The molecule has 6 heteroatoms. The van der Waals surface area contributed by atoms with Crippen LogP contribution in [0.2, 0.25) is 0 Å². The molecule has 1 amide bonds. The van der Waals surface area contributed by atoms with Crippen LogP contribution in [0.1, 0.15) is 23.3 Å². The van der Waals surface area contributed by atoms with Gasteiger partial charge < -0.3 is 19.9 Å². The Morgan fingerprint density at radius 3 is 2.82 bits per heavy atom. The maximum Gasteiger partial charge on any atom is 0.272 e. The summed E-state index contributed by atoms with van der Waals surface area (Å²) in [5, 5.41) is 3.32. The third kappa shape index (κ3) is 3.75. The van der Waals surface area contributed by atoms with Gasteiger partial charge in [0.2, 0.25) is 0 Å². The molecule has 2 aliphatic rings. The van der Waals surface area contributed by atoms with E-state index in [0.29, 0.717) is 11.8 Å². The van der Waals surface area contributed by atoms with Crippen LogP contribution in [0.25, 0.3) is 0 Å². The van der Waals surface area contributed by atoms with E-state index >= 15 is 0 Å². The highest BCUT2D eigenvalue weighted by Gasteiger charge is 2.21. The first kappa shape index (κ1) is 15.2. The maximum atomic E-state index is 12.4. The molecule has 1 N–H and O–H groups in total. The van der Waals surface area contributed by atoms with Crippen molar-refractivity contribution in [1.82, 2.24) is 14.8 Å². The van der Waals surface area contributed by atoms with E-state index in [1.807, 2.05) is 11.0 Å². The molecule has 3 heterocycles. The van der Waals surface area contributed by atoms with Gasteiger partial charge in [0, 0.05) is 39.3 Å². The van der Waals surface area contributed by atoms with Gasteiger partial charge >= 0.3 is 0 Å². The lowest BCUT2D eigenvalue weighted by Crippen LogP contribution is -2.47. The zero-order valence-corrected chi connectivity index (χ0v) is 13.1. The molecule has 0 spiro atoms. The lowest BCUT2D eigenvalue weighted by molar-refractivity contribution is 0.0658. The second kappa shape index (κ2) is 7.07. The molecule has 0 aliphatic carbocycles. The Labute approximate surface area is 131 Å². The monoisotopic (exact) mass is 304 g/mol. The Hall–Kier alpha value is -1.66. The van der Waals surface area contributed by atoms with Gasteiger partial charge in [0.1, 0.15) is 5.69 Å². The average Bonchev–Trinajstić information content (AvgIpc) is 3.07. The smallest absolute Gasteiger partial charge is 0.272 e. The van der Waals surface area contributed by atoms with E-state index in [1.165, 1.54) is 0 Å². The molecular weight excluding hydrogens is 280 g/mol. The molecule has 2 saturated heterocycles. The molecule has 2 fully saturated rings. The fraction of sp³-hybridized carbons (Fsp3) is 0.625. The number of anilines is 1. The number of piperazine rings is 1. The Morgan fingerprint density at radius 1 is 1.36 bits per heavy atom. The summed E-state index contributed by atoms with van der Waals surface area (Å²) < 4.78 is 5.58. The molecule has 1 aromatic heterocycles. The molecule has 6 nitrogen and oxygen atoms in total. The molecule has 22 heavy (non-hydrogen) atoms. The fourth-order valence-electron chi connectivity index (χ4n) is 2.83. The Morgan fingerprint density at radius 2 is 2.18 bits per heavy atom. The van der Waals surface area contributed by atoms with Crippen LogP contribution >= 0.6 is 0 Å². The molecule has 0 aromatic carbocycles. The third-order valence-corrected chi connectivity index (χ3v) is 4.33. The molecule has 0 radical (unpaired) electrons. The molecule has 0 saturated carbocycles. The summed E-state index contributed by atoms with van der Waals surface area (Å²) in [5.74, 6) is 0.0266. The average molecular weight is 304 g/mol. The predicted octanol–water partition coefficient (Wildman–Crippen LogP) is 1.06. The van der Waals surface area contributed by atoms with E-state index in [2.05, 4.69) is 22.2 Å². The molecule has 3 rings (SSSR count). The van der Waals surface area contributed by atoms with Crippen molar-refractivity contribution in [1.29, 1.82) is 0 Å². The number of nitrogens with zero attached hydrogens (tertiary/aromatic N) is 3. The predicted molar refractivity (Wildman–Crippen MR) is 85.1 cm³/mol. The number of nitrogens with one attached hydrogen (secondary N) is 1. The van der Waals surface area contributed by atoms with Crippen LogP contribution in [-0.2, 0) is 4.74 Å². The maximum absolute atomic E-state index is 12.4. The minimum Gasteiger partial charge on any atom is -0.381 e. The quantitative estimate of drug-likeness (QED) is 0.901. The van der Waals surface area contributed by atoms with Crippen LogP contribution in [0.4, 0.5) is 5.69 Å². The highest BCUT2D eigenvalue weighted by Crippen LogP contribution is 2.14. The highest BCUT2D eigenvalue weighted by molar-refractivity contribution is 5.92. The summed E-state index contributed by atoms with van der Waals surface area (Å²) in [4.78, 5) is 20.8. The van der Waals surface area contributed by atoms with Crippen molar-refractivity contribution in [2.75, 3.05) is 51.7 Å². The van der Waals surface area contributed by atoms with Gasteiger partial charge in [-0.25, -0.2) is 4.98 Å². The number of carbonyl (C=O) groups excluding carboxylic acids is 1. The van der Waals surface area contributed by atoms with Crippen molar-refractivity contribution in [3.63, 3.8) is 0 Å². The Bertz CT molecular complexity index is 491. The van der Waals surface area contributed by atoms with Crippen molar-refractivity contribution in [2.24, 2.45) is 0 Å². The summed E-state index contributed by atoms with van der Waals surface area (Å²) in [6.45, 7) is 5.06. The number of pyridine rings is 1. The largest absolute Gasteiger partial charge is 0.381 e. The van der Waals surface area contributed by atoms with Gasteiger partial charge in [0.25, 0.3) is 5.91 Å². The van der Waals surface area contributed by atoms with Crippen LogP contribution in [0.3, 0.4) is 0 Å². The number of hydrogen-bond acceptors (Lipinski definition) is 5. The van der Waals surface area contributed by atoms with E-state index in [1.54, 1.807) is 12.3 Å². The Balaban J connectivity index is 1.53.